The van der Waals surface area contributed by atoms with Gasteiger partial charge in [-0.2, -0.15) is 0 Å². The van der Waals surface area contributed by atoms with E-state index in [2.05, 4.69) is 15.9 Å². The molecular weight excluding hydrogens is 267 g/mol. The summed E-state index contributed by atoms with van der Waals surface area (Å²) in [6, 6.07) is 3.31. The van der Waals surface area contributed by atoms with Crippen LogP contribution in [0.3, 0.4) is 0 Å². The molecule has 80 valence electrons. The number of unbranched alkanes of at least 4 members (excludes halogenated alkanes) is 1. The standard InChI is InChI=1S/C9H13BrN2O.ClH/c10-8-3-4-9(13)12(7-8)6-2-1-5-11;/h3-4,7H,1-2,5-6,11H2;1H. The van der Waals surface area contributed by atoms with Crippen molar-refractivity contribution in [3.63, 3.8) is 0 Å². The van der Waals surface area contributed by atoms with Crippen LogP contribution >= 0.6 is 28.3 Å². The predicted molar refractivity (Wildman–Crippen MR) is 63.9 cm³/mol. The molecular formula is C9H14BrClN2O. The zero-order valence-corrected chi connectivity index (χ0v) is 10.2. The number of hydrogen-bond acceptors (Lipinski definition) is 2. The van der Waals surface area contributed by atoms with Gasteiger partial charge in [-0.05, 0) is 41.4 Å². The number of pyridine rings is 1. The molecule has 0 aliphatic heterocycles. The largest absolute Gasteiger partial charge is 0.330 e. The molecule has 0 bridgehead atoms. The fourth-order valence-electron chi connectivity index (χ4n) is 1.10. The highest BCUT2D eigenvalue weighted by Crippen LogP contribution is 2.05. The van der Waals surface area contributed by atoms with Gasteiger partial charge in [0, 0.05) is 23.3 Å². The summed E-state index contributed by atoms with van der Waals surface area (Å²) in [4.78, 5) is 11.3. The summed E-state index contributed by atoms with van der Waals surface area (Å²) < 4.78 is 2.62. The maximum atomic E-state index is 11.3. The quantitative estimate of drug-likeness (QED) is 0.855. The van der Waals surface area contributed by atoms with E-state index in [1.54, 1.807) is 22.9 Å². The Morgan fingerprint density at radius 2 is 2.07 bits per heavy atom. The van der Waals surface area contributed by atoms with Crippen molar-refractivity contribution in [2.75, 3.05) is 6.54 Å². The normalized spacial score (nSPS) is 9.57. The van der Waals surface area contributed by atoms with E-state index in [0.29, 0.717) is 6.54 Å². The molecule has 0 aliphatic rings. The highest BCUT2D eigenvalue weighted by atomic mass is 79.9. The van der Waals surface area contributed by atoms with Gasteiger partial charge in [0.15, 0.2) is 0 Å². The van der Waals surface area contributed by atoms with E-state index in [1.165, 1.54) is 0 Å². The minimum atomic E-state index is 0. The summed E-state index contributed by atoms with van der Waals surface area (Å²) in [5.74, 6) is 0. The van der Waals surface area contributed by atoms with Crippen LogP contribution in [0.5, 0.6) is 0 Å². The third-order valence-electron chi connectivity index (χ3n) is 1.80. The summed E-state index contributed by atoms with van der Waals surface area (Å²) >= 11 is 3.32. The van der Waals surface area contributed by atoms with Gasteiger partial charge in [-0.1, -0.05) is 0 Å². The molecule has 2 N–H and O–H groups in total. The Bertz CT molecular complexity index is 327. The molecule has 1 rings (SSSR count). The van der Waals surface area contributed by atoms with Gasteiger partial charge < -0.3 is 10.3 Å². The lowest BCUT2D eigenvalue weighted by Crippen LogP contribution is -2.18. The van der Waals surface area contributed by atoms with Crippen LogP contribution in [0.2, 0.25) is 0 Å². The average Bonchev–Trinajstić information content (AvgIpc) is 2.11. The molecule has 0 spiro atoms. The lowest BCUT2D eigenvalue weighted by Gasteiger charge is -2.04. The number of aryl methyl sites for hydroxylation is 1. The highest BCUT2D eigenvalue weighted by Gasteiger charge is 1.95. The molecule has 0 unspecified atom stereocenters. The lowest BCUT2D eigenvalue weighted by atomic mass is 10.3. The van der Waals surface area contributed by atoms with Gasteiger partial charge in [0.05, 0.1) is 0 Å². The van der Waals surface area contributed by atoms with E-state index in [9.17, 15) is 4.79 Å². The number of nitrogens with two attached hydrogens (primary N) is 1. The van der Waals surface area contributed by atoms with Crippen LogP contribution in [0.4, 0.5) is 0 Å². The molecule has 1 heterocycles. The summed E-state index contributed by atoms with van der Waals surface area (Å²) in [5.41, 5.74) is 5.41. The molecule has 1 aromatic rings. The number of hydrogen-bond donors (Lipinski definition) is 1. The minimum Gasteiger partial charge on any atom is -0.330 e. The van der Waals surface area contributed by atoms with Gasteiger partial charge in [-0.3, -0.25) is 4.79 Å². The van der Waals surface area contributed by atoms with E-state index < -0.39 is 0 Å². The molecule has 14 heavy (non-hydrogen) atoms. The van der Waals surface area contributed by atoms with E-state index >= 15 is 0 Å². The van der Waals surface area contributed by atoms with Crippen LogP contribution in [0.25, 0.3) is 0 Å². The van der Waals surface area contributed by atoms with Crippen LogP contribution in [0.15, 0.2) is 27.6 Å². The fraction of sp³-hybridized carbons (Fsp3) is 0.444. The smallest absolute Gasteiger partial charge is 0.250 e. The second-order valence-electron chi connectivity index (χ2n) is 2.87. The van der Waals surface area contributed by atoms with Crippen LogP contribution in [0.1, 0.15) is 12.8 Å². The predicted octanol–water partition coefficient (Wildman–Crippen LogP) is 1.77. The van der Waals surface area contributed by atoms with E-state index in [-0.39, 0.29) is 18.0 Å². The van der Waals surface area contributed by atoms with E-state index in [1.807, 2.05) is 0 Å². The second-order valence-corrected chi connectivity index (χ2v) is 3.79. The highest BCUT2D eigenvalue weighted by molar-refractivity contribution is 9.10. The van der Waals surface area contributed by atoms with Gasteiger partial charge in [0.1, 0.15) is 0 Å². The van der Waals surface area contributed by atoms with Crippen LogP contribution in [-0.2, 0) is 6.54 Å². The topological polar surface area (TPSA) is 48.0 Å². The maximum absolute atomic E-state index is 11.3. The molecule has 3 nitrogen and oxygen atoms in total. The summed E-state index contributed by atoms with van der Waals surface area (Å²) in [6.07, 6.45) is 3.71. The number of aromatic nitrogens is 1. The Balaban J connectivity index is 0.00000169. The Morgan fingerprint density at radius 1 is 1.36 bits per heavy atom. The third kappa shape index (κ3) is 4.26. The van der Waals surface area contributed by atoms with Crippen molar-refractivity contribution >= 4 is 28.3 Å². The van der Waals surface area contributed by atoms with Gasteiger partial charge in [0.25, 0.3) is 5.56 Å². The number of rotatable bonds is 4. The Morgan fingerprint density at radius 3 is 2.71 bits per heavy atom. The molecule has 0 atom stereocenters. The summed E-state index contributed by atoms with van der Waals surface area (Å²) in [6.45, 7) is 1.43. The second kappa shape index (κ2) is 7.04. The van der Waals surface area contributed by atoms with Crippen molar-refractivity contribution in [1.82, 2.24) is 4.57 Å². The number of halogens is 2. The Hall–Kier alpha value is -0.320. The Kier molecular flexibility index (Phi) is 6.87. The maximum Gasteiger partial charge on any atom is 0.250 e. The zero-order valence-electron chi connectivity index (χ0n) is 7.78. The first-order valence-corrected chi connectivity index (χ1v) is 5.09. The van der Waals surface area contributed by atoms with Crippen LogP contribution in [-0.4, -0.2) is 11.1 Å². The van der Waals surface area contributed by atoms with Crippen molar-refractivity contribution in [1.29, 1.82) is 0 Å². The molecule has 1 aromatic heterocycles. The van der Waals surface area contributed by atoms with Gasteiger partial charge >= 0.3 is 0 Å². The number of nitrogens with zero attached hydrogens (tertiary/aromatic N) is 1. The molecule has 0 radical (unpaired) electrons. The monoisotopic (exact) mass is 280 g/mol. The molecule has 0 saturated heterocycles. The first kappa shape index (κ1) is 13.7. The molecule has 0 amide bonds. The average molecular weight is 282 g/mol. The SMILES string of the molecule is Cl.NCCCCn1cc(Br)ccc1=O. The third-order valence-corrected chi connectivity index (χ3v) is 2.27. The fourth-order valence-corrected chi connectivity index (χ4v) is 1.48. The van der Waals surface area contributed by atoms with Crippen molar-refractivity contribution in [3.05, 3.63) is 33.2 Å². The molecule has 0 aliphatic carbocycles. The van der Waals surface area contributed by atoms with Gasteiger partial charge in [-0.15, -0.1) is 12.4 Å². The molecule has 0 fully saturated rings. The van der Waals surface area contributed by atoms with Crippen molar-refractivity contribution in [3.8, 4) is 0 Å². The zero-order chi connectivity index (χ0) is 9.68. The van der Waals surface area contributed by atoms with Crippen molar-refractivity contribution < 1.29 is 0 Å². The molecule has 0 saturated carbocycles. The minimum absolute atomic E-state index is 0. The lowest BCUT2D eigenvalue weighted by molar-refractivity contribution is 0.597. The molecule has 0 aromatic carbocycles. The molecule has 5 heteroatoms. The summed E-state index contributed by atoms with van der Waals surface area (Å²) in [7, 11) is 0. The van der Waals surface area contributed by atoms with E-state index in [4.69, 9.17) is 5.73 Å². The van der Waals surface area contributed by atoms with Crippen molar-refractivity contribution in [2.24, 2.45) is 5.73 Å². The van der Waals surface area contributed by atoms with Crippen molar-refractivity contribution in [2.45, 2.75) is 19.4 Å². The summed E-state index contributed by atoms with van der Waals surface area (Å²) in [5, 5.41) is 0. The first-order chi connectivity index (χ1) is 6.24. The van der Waals surface area contributed by atoms with E-state index in [0.717, 1.165) is 23.9 Å². The Labute approximate surface area is 97.8 Å². The van der Waals surface area contributed by atoms with Gasteiger partial charge in [-0.25, -0.2) is 0 Å². The van der Waals surface area contributed by atoms with Gasteiger partial charge in [0.2, 0.25) is 0 Å². The van der Waals surface area contributed by atoms with Crippen LogP contribution in [0, 0.1) is 0 Å². The first-order valence-electron chi connectivity index (χ1n) is 4.30. The van der Waals surface area contributed by atoms with Crippen LogP contribution < -0.4 is 11.3 Å².